The largest absolute Gasteiger partial charge is 0.378 e. The second-order valence-corrected chi connectivity index (χ2v) is 4.15. The van der Waals surface area contributed by atoms with Gasteiger partial charge in [-0.05, 0) is 24.1 Å². The molecule has 0 heterocycles. The maximum Gasteiger partial charge on any atom is 0.220 e. The Morgan fingerprint density at radius 2 is 2.00 bits per heavy atom. The number of benzene rings is 1. The second kappa shape index (κ2) is 6.74. The fraction of sp³-hybridized carbons (Fsp3) is 0.357. The van der Waals surface area contributed by atoms with E-state index in [1.807, 2.05) is 14.1 Å². The van der Waals surface area contributed by atoms with Crippen molar-refractivity contribution >= 4 is 11.6 Å². The van der Waals surface area contributed by atoms with Crippen LogP contribution < -0.4 is 10.2 Å². The number of rotatable bonds is 6. The van der Waals surface area contributed by atoms with E-state index in [-0.39, 0.29) is 5.91 Å². The molecule has 1 amide bonds. The van der Waals surface area contributed by atoms with Gasteiger partial charge in [0.1, 0.15) is 0 Å². The zero-order valence-electron chi connectivity index (χ0n) is 10.6. The number of amides is 1. The lowest BCUT2D eigenvalue weighted by Gasteiger charge is -2.12. The monoisotopic (exact) mass is 232 g/mol. The Hall–Kier alpha value is -1.77. The molecule has 0 aliphatic heterocycles. The van der Waals surface area contributed by atoms with E-state index in [0.717, 1.165) is 6.42 Å². The molecule has 92 valence electrons. The van der Waals surface area contributed by atoms with Crippen LogP contribution in [0.2, 0.25) is 0 Å². The molecule has 17 heavy (non-hydrogen) atoms. The van der Waals surface area contributed by atoms with Gasteiger partial charge in [-0.15, -0.1) is 6.58 Å². The Bertz CT molecular complexity index is 368. The summed E-state index contributed by atoms with van der Waals surface area (Å²) in [5.74, 6) is 0.0709. The Balaban J connectivity index is 2.41. The Morgan fingerprint density at radius 1 is 1.35 bits per heavy atom. The SMILES string of the molecule is C=CCNC(=O)CCc1ccc(N(C)C)cc1. The maximum atomic E-state index is 11.4. The number of nitrogens with zero attached hydrogens (tertiary/aromatic N) is 1. The summed E-state index contributed by atoms with van der Waals surface area (Å²) in [6, 6.07) is 8.26. The highest BCUT2D eigenvalue weighted by Crippen LogP contribution is 2.13. The zero-order valence-corrected chi connectivity index (χ0v) is 10.6. The van der Waals surface area contributed by atoms with E-state index in [2.05, 4.69) is 41.1 Å². The van der Waals surface area contributed by atoms with Gasteiger partial charge in [0, 0.05) is 32.7 Å². The standard InChI is InChI=1S/C14H20N2O/c1-4-11-15-14(17)10-7-12-5-8-13(9-6-12)16(2)3/h4-6,8-9H,1,7,10-11H2,2-3H3,(H,15,17). The van der Waals surface area contributed by atoms with Crippen LogP contribution in [0.15, 0.2) is 36.9 Å². The lowest BCUT2D eigenvalue weighted by atomic mass is 10.1. The molecule has 0 atom stereocenters. The number of nitrogens with one attached hydrogen (secondary N) is 1. The predicted molar refractivity (Wildman–Crippen MR) is 72.3 cm³/mol. The van der Waals surface area contributed by atoms with Crippen molar-refractivity contribution in [3.05, 3.63) is 42.5 Å². The number of hydrogen-bond donors (Lipinski definition) is 1. The average molecular weight is 232 g/mol. The summed E-state index contributed by atoms with van der Waals surface area (Å²) in [4.78, 5) is 13.4. The van der Waals surface area contributed by atoms with Crippen molar-refractivity contribution in [1.82, 2.24) is 5.32 Å². The van der Waals surface area contributed by atoms with Crippen LogP contribution in [0.5, 0.6) is 0 Å². The van der Waals surface area contributed by atoms with Crippen molar-refractivity contribution in [3.8, 4) is 0 Å². The van der Waals surface area contributed by atoms with Crippen molar-refractivity contribution < 1.29 is 4.79 Å². The Labute approximate surface area is 103 Å². The van der Waals surface area contributed by atoms with Gasteiger partial charge in [-0.25, -0.2) is 0 Å². The van der Waals surface area contributed by atoms with E-state index in [1.165, 1.54) is 11.3 Å². The summed E-state index contributed by atoms with van der Waals surface area (Å²) >= 11 is 0. The third kappa shape index (κ3) is 4.72. The second-order valence-electron chi connectivity index (χ2n) is 4.15. The fourth-order valence-corrected chi connectivity index (χ4v) is 1.49. The Morgan fingerprint density at radius 3 is 2.53 bits per heavy atom. The van der Waals surface area contributed by atoms with Gasteiger partial charge < -0.3 is 10.2 Å². The topological polar surface area (TPSA) is 32.3 Å². The number of aryl methyl sites for hydroxylation is 1. The average Bonchev–Trinajstić information content (AvgIpc) is 2.34. The minimum absolute atomic E-state index is 0.0709. The molecule has 0 aromatic heterocycles. The van der Waals surface area contributed by atoms with Crippen LogP contribution in [0.3, 0.4) is 0 Å². The lowest BCUT2D eigenvalue weighted by Crippen LogP contribution is -2.23. The molecule has 1 N–H and O–H groups in total. The van der Waals surface area contributed by atoms with Gasteiger partial charge in [-0.1, -0.05) is 18.2 Å². The summed E-state index contributed by atoms with van der Waals surface area (Å²) in [6.07, 6.45) is 2.98. The van der Waals surface area contributed by atoms with Gasteiger partial charge >= 0.3 is 0 Å². The van der Waals surface area contributed by atoms with Crippen molar-refractivity contribution in [2.75, 3.05) is 25.5 Å². The van der Waals surface area contributed by atoms with E-state index in [0.29, 0.717) is 13.0 Å². The number of carbonyl (C=O) groups is 1. The molecule has 0 unspecified atom stereocenters. The normalized spacial score (nSPS) is 9.76. The van der Waals surface area contributed by atoms with Crippen LogP contribution in [-0.4, -0.2) is 26.5 Å². The highest BCUT2D eigenvalue weighted by atomic mass is 16.1. The van der Waals surface area contributed by atoms with Crippen LogP contribution in [-0.2, 0) is 11.2 Å². The molecule has 0 spiro atoms. The predicted octanol–water partition coefficient (Wildman–Crippen LogP) is 1.99. The number of carbonyl (C=O) groups excluding carboxylic acids is 1. The van der Waals surface area contributed by atoms with E-state index in [4.69, 9.17) is 0 Å². The molecule has 1 rings (SSSR count). The van der Waals surface area contributed by atoms with Crippen LogP contribution in [0.4, 0.5) is 5.69 Å². The smallest absolute Gasteiger partial charge is 0.220 e. The first-order valence-corrected chi connectivity index (χ1v) is 5.77. The van der Waals surface area contributed by atoms with Gasteiger partial charge in [-0.2, -0.15) is 0 Å². The molecular formula is C14H20N2O. The molecule has 1 aromatic rings. The summed E-state index contributed by atoms with van der Waals surface area (Å²) in [6.45, 7) is 4.10. The van der Waals surface area contributed by atoms with Gasteiger partial charge in [-0.3, -0.25) is 4.79 Å². The van der Waals surface area contributed by atoms with Gasteiger partial charge in [0.2, 0.25) is 5.91 Å². The summed E-state index contributed by atoms with van der Waals surface area (Å²) in [5, 5.41) is 2.77. The molecule has 0 radical (unpaired) electrons. The van der Waals surface area contributed by atoms with Gasteiger partial charge in [0.25, 0.3) is 0 Å². The highest BCUT2D eigenvalue weighted by Gasteiger charge is 2.01. The minimum Gasteiger partial charge on any atom is -0.378 e. The van der Waals surface area contributed by atoms with E-state index >= 15 is 0 Å². The first-order chi connectivity index (χ1) is 8.13. The molecule has 1 aromatic carbocycles. The van der Waals surface area contributed by atoms with Gasteiger partial charge in [0.15, 0.2) is 0 Å². The summed E-state index contributed by atoms with van der Waals surface area (Å²) in [7, 11) is 4.02. The molecule has 0 aliphatic rings. The van der Waals surface area contributed by atoms with E-state index in [1.54, 1.807) is 6.08 Å². The number of hydrogen-bond acceptors (Lipinski definition) is 2. The van der Waals surface area contributed by atoms with Crippen molar-refractivity contribution in [1.29, 1.82) is 0 Å². The third-order valence-corrected chi connectivity index (χ3v) is 2.54. The summed E-state index contributed by atoms with van der Waals surface area (Å²) in [5.41, 5.74) is 2.36. The fourth-order valence-electron chi connectivity index (χ4n) is 1.49. The molecule has 0 aliphatic carbocycles. The molecule has 0 saturated carbocycles. The van der Waals surface area contributed by atoms with Crippen LogP contribution in [0.1, 0.15) is 12.0 Å². The third-order valence-electron chi connectivity index (χ3n) is 2.54. The van der Waals surface area contributed by atoms with Crippen LogP contribution in [0, 0.1) is 0 Å². The van der Waals surface area contributed by atoms with Crippen LogP contribution >= 0.6 is 0 Å². The molecule has 0 bridgehead atoms. The van der Waals surface area contributed by atoms with Crippen molar-refractivity contribution in [2.45, 2.75) is 12.8 Å². The highest BCUT2D eigenvalue weighted by molar-refractivity contribution is 5.76. The first kappa shape index (κ1) is 13.3. The molecule has 0 fully saturated rings. The Kier molecular flexibility index (Phi) is 5.27. The minimum atomic E-state index is 0.0709. The van der Waals surface area contributed by atoms with Crippen molar-refractivity contribution in [3.63, 3.8) is 0 Å². The summed E-state index contributed by atoms with van der Waals surface area (Å²) < 4.78 is 0. The molecule has 0 saturated heterocycles. The number of anilines is 1. The first-order valence-electron chi connectivity index (χ1n) is 5.77. The lowest BCUT2D eigenvalue weighted by molar-refractivity contribution is -0.120. The van der Waals surface area contributed by atoms with Crippen LogP contribution in [0.25, 0.3) is 0 Å². The molecule has 3 heteroatoms. The zero-order chi connectivity index (χ0) is 12.7. The molecular weight excluding hydrogens is 212 g/mol. The molecule has 3 nitrogen and oxygen atoms in total. The maximum absolute atomic E-state index is 11.4. The van der Waals surface area contributed by atoms with E-state index < -0.39 is 0 Å². The van der Waals surface area contributed by atoms with Gasteiger partial charge in [0.05, 0.1) is 0 Å². The van der Waals surface area contributed by atoms with Crippen molar-refractivity contribution in [2.24, 2.45) is 0 Å². The van der Waals surface area contributed by atoms with E-state index in [9.17, 15) is 4.79 Å². The quantitative estimate of drug-likeness (QED) is 0.761.